The van der Waals surface area contributed by atoms with Gasteiger partial charge in [-0.05, 0) is 61.6 Å². The Labute approximate surface area is 161 Å². The number of carboxylic acids is 1. The van der Waals surface area contributed by atoms with Crippen molar-refractivity contribution in [1.82, 2.24) is 0 Å². The second kappa shape index (κ2) is 10.1. The lowest BCUT2D eigenvalue weighted by molar-refractivity contribution is -0.139. The summed E-state index contributed by atoms with van der Waals surface area (Å²) in [6.07, 6.45) is 8.16. The molecule has 0 saturated heterocycles. The third kappa shape index (κ3) is 6.38. The minimum Gasteiger partial charge on any atom is -0.478 e. The number of aliphatic carboxylic acids is 1. The van der Waals surface area contributed by atoms with Gasteiger partial charge in [0.05, 0.1) is 6.61 Å². The third-order valence-corrected chi connectivity index (χ3v) is 5.40. The molecule has 1 aromatic rings. The van der Waals surface area contributed by atoms with E-state index in [-0.39, 0.29) is 18.6 Å². The van der Waals surface area contributed by atoms with Gasteiger partial charge in [0.2, 0.25) is 0 Å². The second-order valence-electron chi connectivity index (χ2n) is 7.43. The Hall–Kier alpha value is -2.36. The molecule has 1 fully saturated rings. The van der Waals surface area contributed by atoms with Crippen LogP contribution >= 0.6 is 0 Å². The van der Waals surface area contributed by atoms with Crippen LogP contribution in [0, 0.1) is 5.92 Å². The number of hydrogen-bond donors (Lipinski definition) is 1. The van der Waals surface area contributed by atoms with E-state index in [1.165, 1.54) is 37.7 Å². The van der Waals surface area contributed by atoms with Gasteiger partial charge in [0.1, 0.15) is 0 Å². The number of rotatable bonds is 8. The molecule has 1 saturated carbocycles. The molecule has 27 heavy (non-hydrogen) atoms. The zero-order valence-electron chi connectivity index (χ0n) is 16.4. The molecule has 0 atom stereocenters. The van der Waals surface area contributed by atoms with E-state index in [9.17, 15) is 14.7 Å². The van der Waals surface area contributed by atoms with Crippen molar-refractivity contribution < 1.29 is 19.4 Å². The van der Waals surface area contributed by atoms with Gasteiger partial charge in [-0.25, -0.2) is 9.59 Å². The molecule has 146 valence electrons. The molecule has 1 aliphatic carbocycles. The molecule has 0 radical (unpaired) electrons. The van der Waals surface area contributed by atoms with Gasteiger partial charge in [-0.15, -0.1) is 0 Å². The van der Waals surface area contributed by atoms with Gasteiger partial charge in [-0.3, -0.25) is 0 Å². The predicted octanol–water partition coefficient (Wildman–Crippen LogP) is 5.35. The first kappa shape index (κ1) is 20.9. The highest BCUT2D eigenvalue weighted by molar-refractivity contribution is 5.92. The van der Waals surface area contributed by atoms with E-state index in [0.717, 1.165) is 11.5 Å². The summed E-state index contributed by atoms with van der Waals surface area (Å²) in [5.74, 6) is -0.00267. The number of hydrogen-bond acceptors (Lipinski definition) is 3. The van der Waals surface area contributed by atoms with E-state index < -0.39 is 11.9 Å². The Kier molecular flexibility index (Phi) is 7.83. The van der Waals surface area contributed by atoms with Gasteiger partial charge in [0.25, 0.3) is 0 Å². The van der Waals surface area contributed by atoms with Crippen molar-refractivity contribution in [3.63, 3.8) is 0 Å². The molecule has 4 nitrogen and oxygen atoms in total. The molecule has 0 aliphatic heterocycles. The fraction of sp³-hybridized carbons (Fsp3) is 0.478. The lowest BCUT2D eigenvalue weighted by Gasteiger charge is -2.28. The van der Waals surface area contributed by atoms with Crippen molar-refractivity contribution in [2.75, 3.05) is 6.61 Å². The fourth-order valence-electron chi connectivity index (χ4n) is 3.59. The maximum atomic E-state index is 11.5. The topological polar surface area (TPSA) is 63.6 Å². The van der Waals surface area contributed by atoms with Crippen molar-refractivity contribution in [2.24, 2.45) is 5.92 Å². The minimum absolute atomic E-state index is 0.0303. The summed E-state index contributed by atoms with van der Waals surface area (Å²) in [6, 6.07) is 8.18. The summed E-state index contributed by atoms with van der Waals surface area (Å²) in [5, 5.41) is 9.39. The number of carbonyl (C=O) groups is 2. The minimum atomic E-state index is -0.997. The van der Waals surface area contributed by atoms with Crippen LogP contribution in [0.5, 0.6) is 0 Å². The number of carboxylic acid groups (broad SMARTS) is 1. The van der Waals surface area contributed by atoms with E-state index in [0.29, 0.717) is 11.5 Å². The molecule has 1 aromatic carbocycles. The molecular formula is C23H30O4. The van der Waals surface area contributed by atoms with Gasteiger partial charge < -0.3 is 9.84 Å². The highest BCUT2D eigenvalue weighted by Crippen LogP contribution is 2.37. The maximum absolute atomic E-state index is 11.5. The zero-order valence-corrected chi connectivity index (χ0v) is 16.4. The van der Waals surface area contributed by atoms with E-state index in [2.05, 4.69) is 25.6 Å². The van der Waals surface area contributed by atoms with Crippen LogP contribution in [-0.4, -0.2) is 23.7 Å². The first-order valence-electron chi connectivity index (χ1n) is 9.77. The van der Waals surface area contributed by atoms with E-state index >= 15 is 0 Å². The number of benzene rings is 1. The lowest BCUT2D eigenvalue weighted by Crippen LogP contribution is -2.12. The van der Waals surface area contributed by atoms with Crippen molar-refractivity contribution >= 4 is 18.0 Å². The number of ether oxygens (including phenoxy) is 1. The van der Waals surface area contributed by atoms with Crippen molar-refractivity contribution in [3.8, 4) is 0 Å². The lowest BCUT2D eigenvalue weighted by atomic mass is 9.78. The highest BCUT2D eigenvalue weighted by atomic mass is 16.5. The number of esters is 1. The van der Waals surface area contributed by atoms with Crippen LogP contribution < -0.4 is 0 Å². The summed E-state index contributed by atoms with van der Waals surface area (Å²) < 4.78 is 5.00. The van der Waals surface area contributed by atoms with Crippen LogP contribution in [0.25, 0.3) is 6.08 Å². The van der Waals surface area contributed by atoms with Crippen LogP contribution in [0.4, 0.5) is 0 Å². The van der Waals surface area contributed by atoms with Crippen molar-refractivity contribution in [1.29, 1.82) is 0 Å². The average molecular weight is 370 g/mol. The fourth-order valence-corrected chi connectivity index (χ4v) is 3.59. The molecule has 4 heteroatoms. The molecule has 0 amide bonds. The van der Waals surface area contributed by atoms with E-state index in [1.54, 1.807) is 13.0 Å². The molecule has 2 rings (SSSR count). The zero-order chi connectivity index (χ0) is 19.8. The van der Waals surface area contributed by atoms with Crippen LogP contribution in [0.1, 0.15) is 69.4 Å². The van der Waals surface area contributed by atoms with Gasteiger partial charge >= 0.3 is 11.9 Å². The van der Waals surface area contributed by atoms with Crippen molar-refractivity contribution in [2.45, 2.75) is 58.3 Å². The van der Waals surface area contributed by atoms with Gasteiger partial charge in [0, 0.05) is 17.6 Å². The summed E-state index contributed by atoms with van der Waals surface area (Å²) in [7, 11) is 0. The van der Waals surface area contributed by atoms with Gasteiger partial charge in [-0.1, -0.05) is 44.2 Å². The first-order valence-corrected chi connectivity index (χ1v) is 9.77. The predicted molar refractivity (Wildman–Crippen MR) is 107 cm³/mol. The van der Waals surface area contributed by atoms with E-state index in [4.69, 9.17) is 4.74 Å². The van der Waals surface area contributed by atoms with Crippen LogP contribution in [0.15, 0.2) is 42.0 Å². The largest absolute Gasteiger partial charge is 0.478 e. The quantitative estimate of drug-likeness (QED) is 0.495. The van der Waals surface area contributed by atoms with Gasteiger partial charge in [0.15, 0.2) is 0 Å². The summed E-state index contributed by atoms with van der Waals surface area (Å²) in [6.45, 7) is 7.37. The molecule has 0 bridgehead atoms. The van der Waals surface area contributed by atoms with Crippen molar-refractivity contribution in [3.05, 3.63) is 53.1 Å². The summed E-state index contributed by atoms with van der Waals surface area (Å²) in [4.78, 5) is 22.9. The SMILES string of the molecule is C=C(C)C(=O)OCCC(=Cc1ccc([C@H]2CC[C@H](CC)CC2)cc1)C(=O)O. The Bertz CT molecular complexity index is 692. The molecule has 0 unspecified atom stereocenters. The van der Waals surface area contributed by atoms with E-state index in [1.807, 2.05) is 12.1 Å². The van der Waals surface area contributed by atoms with Crippen LogP contribution in [0.2, 0.25) is 0 Å². The standard InChI is InChI=1S/C23H30O4/c1-4-17-5-9-19(10-6-17)20-11-7-18(8-12-20)15-21(22(24)25)13-14-27-23(26)16(2)3/h7-8,11-12,15,17,19H,2,4-6,9-10,13-14H2,1,3H3,(H,24,25)/t17-,19-. The Balaban J connectivity index is 1.97. The Morgan fingerprint density at radius 3 is 2.33 bits per heavy atom. The maximum Gasteiger partial charge on any atom is 0.333 e. The molecule has 1 aliphatic rings. The molecule has 1 N–H and O–H groups in total. The highest BCUT2D eigenvalue weighted by Gasteiger charge is 2.21. The molecule has 0 heterocycles. The average Bonchev–Trinajstić information content (AvgIpc) is 2.67. The van der Waals surface area contributed by atoms with Crippen LogP contribution in [0.3, 0.4) is 0 Å². The monoisotopic (exact) mass is 370 g/mol. The molecular weight excluding hydrogens is 340 g/mol. The van der Waals surface area contributed by atoms with Crippen LogP contribution in [-0.2, 0) is 14.3 Å². The first-order chi connectivity index (χ1) is 12.9. The normalized spacial score (nSPS) is 20.1. The summed E-state index contributed by atoms with van der Waals surface area (Å²) >= 11 is 0. The molecule has 0 spiro atoms. The Morgan fingerprint density at radius 2 is 1.81 bits per heavy atom. The second-order valence-corrected chi connectivity index (χ2v) is 7.43. The van der Waals surface area contributed by atoms with Gasteiger partial charge in [-0.2, -0.15) is 0 Å². The molecule has 0 aromatic heterocycles. The smallest absolute Gasteiger partial charge is 0.333 e. The summed E-state index contributed by atoms with van der Waals surface area (Å²) in [5.41, 5.74) is 2.72. The Morgan fingerprint density at radius 1 is 1.19 bits per heavy atom. The number of carbonyl (C=O) groups excluding carboxylic acids is 1. The third-order valence-electron chi connectivity index (χ3n) is 5.40.